The number of aromatic hydroxyl groups is 1. The van der Waals surface area contributed by atoms with Crippen LogP contribution < -0.4 is 14.9 Å². The van der Waals surface area contributed by atoms with Gasteiger partial charge in [0, 0.05) is 12.1 Å². The van der Waals surface area contributed by atoms with Crippen molar-refractivity contribution >= 4 is 12.3 Å². The highest BCUT2D eigenvalue weighted by Gasteiger charge is 2.15. The molecular formula is C14H20N2O5. The molecule has 0 aliphatic rings. The lowest BCUT2D eigenvalue weighted by Gasteiger charge is -2.18. The van der Waals surface area contributed by atoms with Gasteiger partial charge in [0.05, 0.1) is 26.0 Å². The molecule has 0 aromatic heterocycles. The van der Waals surface area contributed by atoms with Crippen molar-refractivity contribution in [2.75, 3.05) is 14.2 Å². The van der Waals surface area contributed by atoms with Gasteiger partial charge in [0.15, 0.2) is 0 Å². The van der Waals surface area contributed by atoms with Gasteiger partial charge in [0.2, 0.25) is 0 Å². The first kappa shape index (κ1) is 16.6. The largest absolute Gasteiger partial charge is 0.507 e. The molecule has 0 unspecified atom stereocenters. The summed E-state index contributed by atoms with van der Waals surface area (Å²) in [4.78, 5) is 11.4. The number of hydrogen-bond donors (Lipinski definition) is 2. The fourth-order valence-corrected chi connectivity index (χ4v) is 1.45. The summed E-state index contributed by atoms with van der Waals surface area (Å²) in [5, 5.41) is 13.6. The fourth-order valence-electron chi connectivity index (χ4n) is 1.45. The maximum atomic E-state index is 11.4. The van der Waals surface area contributed by atoms with E-state index in [1.165, 1.54) is 26.5 Å². The minimum atomic E-state index is -0.689. The summed E-state index contributed by atoms with van der Waals surface area (Å²) in [5.74, 6) is 0.726. The molecule has 0 fully saturated rings. The highest BCUT2D eigenvalue weighted by molar-refractivity contribution is 5.88. The van der Waals surface area contributed by atoms with Gasteiger partial charge in [-0.2, -0.15) is 5.10 Å². The zero-order chi connectivity index (χ0) is 16.0. The highest BCUT2D eigenvalue weighted by atomic mass is 16.6. The molecule has 0 heterocycles. The van der Waals surface area contributed by atoms with E-state index in [1.807, 2.05) is 0 Å². The molecule has 116 valence electrons. The summed E-state index contributed by atoms with van der Waals surface area (Å²) in [5.41, 5.74) is 1.91. The third-order valence-corrected chi connectivity index (χ3v) is 2.30. The van der Waals surface area contributed by atoms with Crippen molar-refractivity contribution in [2.24, 2.45) is 5.10 Å². The van der Waals surface area contributed by atoms with Crippen LogP contribution in [0.5, 0.6) is 17.2 Å². The van der Waals surface area contributed by atoms with Gasteiger partial charge in [0.25, 0.3) is 0 Å². The van der Waals surface area contributed by atoms with E-state index >= 15 is 0 Å². The standard InChI is InChI=1S/C14H20N2O5/c1-14(2,3)21-13(18)16-15-8-10-11(17)6-9(19-4)7-12(10)20-5/h6-8,17H,1-5H3,(H,16,18). The van der Waals surface area contributed by atoms with Gasteiger partial charge in [-0.15, -0.1) is 0 Å². The third kappa shape index (κ3) is 5.21. The number of rotatable bonds is 4. The zero-order valence-corrected chi connectivity index (χ0v) is 12.8. The number of phenols is 1. The van der Waals surface area contributed by atoms with E-state index in [0.29, 0.717) is 17.1 Å². The van der Waals surface area contributed by atoms with Crippen molar-refractivity contribution in [3.05, 3.63) is 17.7 Å². The van der Waals surface area contributed by atoms with Crippen LogP contribution in [-0.4, -0.2) is 37.2 Å². The van der Waals surface area contributed by atoms with E-state index in [1.54, 1.807) is 26.8 Å². The van der Waals surface area contributed by atoms with Crippen LogP contribution in [0.25, 0.3) is 0 Å². The monoisotopic (exact) mass is 296 g/mol. The second-order valence-corrected chi connectivity index (χ2v) is 5.13. The summed E-state index contributed by atoms with van der Waals surface area (Å²) >= 11 is 0. The molecule has 0 aliphatic heterocycles. The van der Waals surface area contributed by atoms with Crippen LogP contribution >= 0.6 is 0 Å². The van der Waals surface area contributed by atoms with Crippen molar-refractivity contribution in [3.63, 3.8) is 0 Å². The highest BCUT2D eigenvalue weighted by Crippen LogP contribution is 2.31. The molecule has 0 bridgehead atoms. The van der Waals surface area contributed by atoms with E-state index in [2.05, 4.69) is 10.5 Å². The number of ether oxygens (including phenoxy) is 3. The van der Waals surface area contributed by atoms with E-state index in [4.69, 9.17) is 14.2 Å². The Morgan fingerprint density at radius 3 is 2.48 bits per heavy atom. The SMILES string of the molecule is COc1cc(O)c(C=NNC(=O)OC(C)(C)C)c(OC)c1. The van der Waals surface area contributed by atoms with Gasteiger partial charge in [-0.1, -0.05) is 0 Å². The van der Waals surface area contributed by atoms with Crippen LogP contribution in [-0.2, 0) is 4.74 Å². The van der Waals surface area contributed by atoms with E-state index < -0.39 is 11.7 Å². The maximum absolute atomic E-state index is 11.4. The molecule has 1 aromatic rings. The number of hydrogen-bond acceptors (Lipinski definition) is 6. The number of benzene rings is 1. The molecule has 1 rings (SSSR count). The first-order valence-corrected chi connectivity index (χ1v) is 6.24. The molecule has 2 N–H and O–H groups in total. The first-order valence-electron chi connectivity index (χ1n) is 6.24. The van der Waals surface area contributed by atoms with E-state index in [0.717, 1.165) is 0 Å². The number of nitrogens with one attached hydrogen (secondary N) is 1. The Balaban J connectivity index is 2.83. The van der Waals surface area contributed by atoms with Gasteiger partial charge in [-0.25, -0.2) is 10.2 Å². The van der Waals surface area contributed by atoms with Crippen LogP contribution in [0.4, 0.5) is 4.79 Å². The Labute approximate surface area is 123 Å². The molecule has 0 radical (unpaired) electrons. The lowest BCUT2D eigenvalue weighted by atomic mass is 10.2. The van der Waals surface area contributed by atoms with Gasteiger partial charge in [-0.3, -0.25) is 0 Å². The smallest absolute Gasteiger partial charge is 0.428 e. The van der Waals surface area contributed by atoms with Crippen molar-refractivity contribution in [3.8, 4) is 17.2 Å². The molecule has 0 aliphatic carbocycles. The summed E-state index contributed by atoms with van der Waals surface area (Å²) in [6.07, 6.45) is 0.572. The quantitative estimate of drug-likeness (QED) is 0.657. The normalized spacial score (nSPS) is 11.3. The summed E-state index contributed by atoms with van der Waals surface area (Å²) in [6.45, 7) is 5.23. The molecule has 0 spiro atoms. The topological polar surface area (TPSA) is 89.4 Å². The van der Waals surface area contributed by atoms with E-state index in [-0.39, 0.29) is 5.75 Å². The zero-order valence-electron chi connectivity index (χ0n) is 12.8. The molecule has 0 saturated heterocycles. The van der Waals surface area contributed by atoms with Gasteiger partial charge in [0.1, 0.15) is 22.8 Å². The Bertz CT molecular complexity index is 535. The Kier molecular flexibility index (Phi) is 5.40. The van der Waals surface area contributed by atoms with Crippen LogP contribution in [0.3, 0.4) is 0 Å². The number of carbonyl (C=O) groups excluding carboxylic acids is 1. The molecule has 21 heavy (non-hydrogen) atoms. The predicted molar refractivity (Wildman–Crippen MR) is 78.2 cm³/mol. The second kappa shape index (κ2) is 6.83. The Morgan fingerprint density at radius 2 is 1.95 bits per heavy atom. The molecule has 0 saturated carbocycles. The number of methoxy groups -OCH3 is 2. The molecule has 7 heteroatoms. The maximum Gasteiger partial charge on any atom is 0.428 e. The third-order valence-electron chi connectivity index (χ3n) is 2.30. The number of nitrogens with zero attached hydrogens (tertiary/aromatic N) is 1. The average Bonchev–Trinajstić information content (AvgIpc) is 2.37. The van der Waals surface area contributed by atoms with Crippen molar-refractivity contribution in [2.45, 2.75) is 26.4 Å². The number of carbonyl (C=O) groups is 1. The van der Waals surface area contributed by atoms with Crippen LogP contribution in [0.1, 0.15) is 26.3 Å². The predicted octanol–water partition coefficient (Wildman–Crippen LogP) is 2.27. The Morgan fingerprint density at radius 1 is 1.29 bits per heavy atom. The molecule has 0 atom stereocenters. The van der Waals surface area contributed by atoms with Crippen molar-refractivity contribution < 1.29 is 24.1 Å². The molecule has 1 aromatic carbocycles. The van der Waals surface area contributed by atoms with Crippen molar-refractivity contribution in [1.82, 2.24) is 5.43 Å². The minimum Gasteiger partial charge on any atom is -0.507 e. The fraction of sp³-hybridized carbons (Fsp3) is 0.429. The van der Waals surface area contributed by atoms with Gasteiger partial charge in [-0.05, 0) is 20.8 Å². The van der Waals surface area contributed by atoms with Crippen LogP contribution in [0.15, 0.2) is 17.2 Å². The van der Waals surface area contributed by atoms with E-state index in [9.17, 15) is 9.90 Å². The minimum absolute atomic E-state index is 0.0825. The molecule has 1 amide bonds. The number of phenolic OH excluding ortho intramolecular Hbond substituents is 1. The lowest BCUT2D eigenvalue weighted by molar-refractivity contribution is 0.0529. The first-order chi connectivity index (χ1) is 9.76. The molecule has 7 nitrogen and oxygen atoms in total. The van der Waals surface area contributed by atoms with Crippen molar-refractivity contribution in [1.29, 1.82) is 0 Å². The Hall–Kier alpha value is -2.44. The van der Waals surface area contributed by atoms with Crippen LogP contribution in [0.2, 0.25) is 0 Å². The lowest BCUT2D eigenvalue weighted by Crippen LogP contribution is -2.29. The summed E-state index contributed by atoms with van der Waals surface area (Å²) in [7, 11) is 2.93. The summed E-state index contributed by atoms with van der Waals surface area (Å²) < 4.78 is 15.2. The number of amides is 1. The van der Waals surface area contributed by atoms with Crippen LogP contribution in [0, 0.1) is 0 Å². The summed E-state index contributed by atoms with van der Waals surface area (Å²) in [6, 6.07) is 3.01. The van der Waals surface area contributed by atoms with Gasteiger partial charge >= 0.3 is 6.09 Å². The number of hydrazone groups is 1. The molecular weight excluding hydrogens is 276 g/mol. The van der Waals surface area contributed by atoms with Gasteiger partial charge < -0.3 is 19.3 Å². The second-order valence-electron chi connectivity index (χ2n) is 5.13. The average molecular weight is 296 g/mol.